The Kier molecular flexibility index (Phi) is 5.80. The van der Waals surface area contributed by atoms with Gasteiger partial charge in [-0.25, -0.2) is 0 Å². The SMILES string of the molecule is CC(=O)N(CCC(=O)N1c2ccccc2CC1C)CCC(C)C. The van der Waals surface area contributed by atoms with Gasteiger partial charge in [-0.1, -0.05) is 32.0 Å². The van der Waals surface area contributed by atoms with Gasteiger partial charge in [0.1, 0.15) is 0 Å². The van der Waals surface area contributed by atoms with Gasteiger partial charge in [0.25, 0.3) is 0 Å². The largest absolute Gasteiger partial charge is 0.342 e. The number of carbonyl (C=O) groups excluding carboxylic acids is 2. The maximum Gasteiger partial charge on any atom is 0.229 e. The van der Waals surface area contributed by atoms with Crippen LogP contribution in [0.25, 0.3) is 0 Å². The van der Waals surface area contributed by atoms with Gasteiger partial charge in [-0.15, -0.1) is 0 Å². The molecular formula is C19H28N2O2. The number of para-hydroxylation sites is 1. The van der Waals surface area contributed by atoms with Crippen LogP contribution in [0.1, 0.15) is 46.1 Å². The van der Waals surface area contributed by atoms with Crippen molar-refractivity contribution in [3.8, 4) is 0 Å². The highest BCUT2D eigenvalue weighted by Crippen LogP contribution is 2.32. The third kappa shape index (κ3) is 4.34. The molecule has 0 fully saturated rings. The first-order valence-corrected chi connectivity index (χ1v) is 8.55. The Hall–Kier alpha value is -1.84. The minimum Gasteiger partial charge on any atom is -0.342 e. The van der Waals surface area contributed by atoms with Crippen LogP contribution in [0.3, 0.4) is 0 Å². The van der Waals surface area contributed by atoms with Crippen molar-refractivity contribution in [2.24, 2.45) is 5.92 Å². The van der Waals surface area contributed by atoms with Crippen molar-refractivity contribution in [2.75, 3.05) is 18.0 Å². The van der Waals surface area contributed by atoms with Gasteiger partial charge in [0.2, 0.25) is 11.8 Å². The molecule has 1 aromatic rings. The predicted octanol–water partition coefficient (Wildman–Crippen LogP) is 3.25. The molecule has 0 radical (unpaired) electrons. The summed E-state index contributed by atoms with van der Waals surface area (Å²) in [5.41, 5.74) is 2.26. The van der Waals surface area contributed by atoms with Gasteiger partial charge in [0.05, 0.1) is 0 Å². The van der Waals surface area contributed by atoms with Gasteiger partial charge in [0.15, 0.2) is 0 Å². The van der Waals surface area contributed by atoms with Crippen molar-refractivity contribution in [1.82, 2.24) is 4.90 Å². The molecule has 0 aromatic heterocycles. The molecule has 1 aliphatic heterocycles. The highest BCUT2D eigenvalue weighted by Gasteiger charge is 2.30. The highest BCUT2D eigenvalue weighted by molar-refractivity contribution is 5.96. The zero-order valence-electron chi connectivity index (χ0n) is 14.7. The normalized spacial score (nSPS) is 16.6. The fraction of sp³-hybridized carbons (Fsp3) is 0.579. The predicted molar refractivity (Wildman–Crippen MR) is 93.4 cm³/mol. The Balaban J connectivity index is 1.97. The van der Waals surface area contributed by atoms with Gasteiger partial charge in [-0.05, 0) is 37.3 Å². The lowest BCUT2D eigenvalue weighted by Gasteiger charge is -2.26. The number of amides is 2. The number of carbonyl (C=O) groups is 2. The number of fused-ring (bicyclic) bond motifs is 1. The molecule has 4 nitrogen and oxygen atoms in total. The summed E-state index contributed by atoms with van der Waals surface area (Å²) in [7, 11) is 0. The summed E-state index contributed by atoms with van der Waals surface area (Å²) >= 11 is 0. The van der Waals surface area contributed by atoms with Crippen LogP contribution >= 0.6 is 0 Å². The molecule has 0 saturated heterocycles. The molecule has 0 bridgehead atoms. The van der Waals surface area contributed by atoms with Gasteiger partial charge < -0.3 is 9.80 Å². The Morgan fingerprint density at radius 1 is 1.26 bits per heavy atom. The first kappa shape index (κ1) is 17.5. The quantitative estimate of drug-likeness (QED) is 0.808. The van der Waals surface area contributed by atoms with E-state index in [4.69, 9.17) is 0 Å². The average Bonchev–Trinajstić information content (AvgIpc) is 2.82. The summed E-state index contributed by atoms with van der Waals surface area (Å²) < 4.78 is 0. The summed E-state index contributed by atoms with van der Waals surface area (Å²) in [5.74, 6) is 0.713. The van der Waals surface area contributed by atoms with E-state index in [1.165, 1.54) is 5.56 Å². The standard InChI is InChI=1S/C19H28N2O2/c1-14(2)9-11-20(16(4)22)12-10-19(23)21-15(3)13-17-7-5-6-8-18(17)21/h5-8,14-15H,9-13H2,1-4H3. The fourth-order valence-corrected chi connectivity index (χ4v) is 3.14. The van der Waals surface area contributed by atoms with Gasteiger partial charge in [-0.2, -0.15) is 0 Å². The molecule has 126 valence electrons. The molecule has 4 heteroatoms. The summed E-state index contributed by atoms with van der Waals surface area (Å²) in [6, 6.07) is 8.29. The molecule has 2 rings (SSSR count). The van der Waals surface area contributed by atoms with Crippen LogP contribution in [0, 0.1) is 5.92 Å². The monoisotopic (exact) mass is 316 g/mol. The first-order valence-electron chi connectivity index (χ1n) is 8.55. The van der Waals surface area contributed by atoms with E-state index >= 15 is 0 Å². The van der Waals surface area contributed by atoms with E-state index in [2.05, 4.69) is 26.8 Å². The van der Waals surface area contributed by atoms with Crippen LogP contribution in [0.15, 0.2) is 24.3 Å². The van der Waals surface area contributed by atoms with Crippen molar-refractivity contribution >= 4 is 17.5 Å². The number of nitrogens with zero attached hydrogens (tertiary/aromatic N) is 2. The third-order valence-corrected chi connectivity index (χ3v) is 4.49. The number of benzene rings is 1. The topological polar surface area (TPSA) is 40.6 Å². The third-order valence-electron chi connectivity index (χ3n) is 4.49. The molecule has 1 aliphatic rings. The second-order valence-corrected chi connectivity index (χ2v) is 6.88. The molecule has 2 amide bonds. The Morgan fingerprint density at radius 3 is 2.61 bits per heavy atom. The molecule has 23 heavy (non-hydrogen) atoms. The maximum absolute atomic E-state index is 12.7. The lowest BCUT2D eigenvalue weighted by Crippen LogP contribution is -2.39. The van der Waals surface area contributed by atoms with E-state index < -0.39 is 0 Å². The second kappa shape index (κ2) is 7.62. The van der Waals surface area contributed by atoms with E-state index in [9.17, 15) is 9.59 Å². The zero-order valence-corrected chi connectivity index (χ0v) is 14.7. The number of hydrogen-bond donors (Lipinski definition) is 0. The van der Waals surface area contributed by atoms with E-state index in [1.54, 1.807) is 11.8 Å². The molecule has 1 unspecified atom stereocenters. The van der Waals surface area contributed by atoms with E-state index in [0.29, 0.717) is 18.9 Å². The average molecular weight is 316 g/mol. The lowest BCUT2D eigenvalue weighted by atomic mass is 10.1. The fourth-order valence-electron chi connectivity index (χ4n) is 3.14. The molecule has 0 spiro atoms. The van der Waals surface area contributed by atoms with Crippen molar-refractivity contribution < 1.29 is 9.59 Å². The molecular weight excluding hydrogens is 288 g/mol. The van der Waals surface area contributed by atoms with E-state index in [0.717, 1.165) is 25.1 Å². The van der Waals surface area contributed by atoms with Gasteiger partial charge in [-0.3, -0.25) is 9.59 Å². The smallest absolute Gasteiger partial charge is 0.229 e. The molecule has 0 saturated carbocycles. The van der Waals surface area contributed by atoms with Crippen LogP contribution in [-0.2, 0) is 16.0 Å². The van der Waals surface area contributed by atoms with Crippen LogP contribution in [0.5, 0.6) is 0 Å². The lowest BCUT2D eigenvalue weighted by molar-refractivity contribution is -0.129. The van der Waals surface area contributed by atoms with Crippen molar-refractivity contribution in [1.29, 1.82) is 0 Å². The van der Waals surface area contributed by atoms with Gasteiger partial charge in [0, 0.05) is 38.2 Å². The van der Waals surface area contributed by atoms with Crippen LogP contribution < -0.4 is 4.90 Å². The number of rotatable bonds is 6. The van der Waals surface area contributed by atoms with Crippen LogP contribution in [-0.4, -0.2) is 35.8 Å². The summed E-state index contributed by atoms with van der Waals surface area (Å²) in [5, 5.41) is 0. The molecule has 1 aromatic carbocycles. The minimum absolute atomic E-state index is 0.0494. The van der Waals surface area contributed by atoms with Crippen LogP contribution in [0.4, 0.5) is 5.69 Å². The molecule has 1 atom stereocenters. The zero-order chi connectivity index (χ0) is 17.0. The summed E-state index contributed by atoms with van der Waals surface area (Å²) in [4.78, 5) is 28.1. The molecule has 0 aliphatic carbocycles. The minimum atomic E-state index is 0.0494. The molecule has 1 heterocycles. The number of hydrogen-bond acceptors (Lipinski definition) is 2. The molecule has 0 N–H and O–H groups in total. The summed E-state index contributed by atoms with van der Waals surface area (Å²) in [6.07, 6.45) is 2.26. The van der Waals surface area contributed by atoms with Crippen molar-refractivity contribution in [2.45, 2.75) is 53.0 Å². The highest BCUT2D eigenvalue weighted by atomic mass is 16.2. The van der Waals surface area contributed by atoms with Crippen molar-refractivity contribution in [3.05, 3.63) is 29.8 Å². The first-order chi connectivity index (χ1) is 10.9. The Morgan fingerprint density at radius 2 is 1.96 bits per heavy atom. The van der Waals surface area contributed by atoms with E-state index in [1.807, 2.05) is 23.1 Å². The summed E-state index contributed by atoms with van der Waals surface area (Å²) in [6.45, 7) is 9.19. The number of anilines is 1. The maximum atomic E-state index is 12.7. The Bertz CT molecular complexity index is 568. The Labute approximate surface area is 139 Å². The van der Waals surface area contributed by atoms with Crippen molar-refractivity contribution in [3.63, 3.8) is 0 Å². The van der Waals surface area contributed by atoms with Crippen LogP contribution in [0.2, 0.25) is 0 Å². The second-order valence-electron chi connectivity index (χ2n) is 6.88. The van der Waals surface area contributed by atoms with E-state index in [-0.39, 0.29) is 17.9 Å². The van der Waals surface area contributed by atoms with Gasteiger partial charge >= 0.3 is 0 Å².